The van der Waals surface area contributed by atoms with E-state index in [1.807, 2.05) is 0 Å². The van der Waals surface area contributed by atoms with E-state index in [0.29, 0.717) is 0 Å². The van der Waals surface area contributed by atoms with E-state index in [4.69, 9.17) is 0 Å². The molecule has 0 unspecified atom stereocenters. The Labute approximate surface area is 182 Å². The van der Waals surface area contributed by atoms with E-state index < -0.39 is 11.9 Å². The summed E-state index contributed by atoms with van der Waals surface area (Å²) in [6.07, 6.45) is 14.9. The molecule has 0 radical (unpaired) electrons. The number of hydrogen-bond acceptors (Lipinski definition) is 4. The molecule has 0 spiro atoms. The largest absolute Gasteiger partial charge is 2.00 e. The molecule has 0 rings (SSSR count). The number of carbonyl (C=O) groups is 2. The minimum atomic E-state index is -1.05. The smallest absolute Gasteiger partial charge is 0.545 e. The fourth-order valence-electron chi connectivity index (χ4n) is 2.49. The van der Waals surface area contributed by atoms with Gasteiger partial charge < -0.3 is 19.8 Å². The third-order valence-corrected chi connectivity index (χ3v) is 4.05. The van der Waals surface area contributed by atoms with Crippen LogP contribution in [0.1, 0.15) is 105 Å². The third kappa shape index (κ3) is 25.2. The van der Waals surface area contributed by atoms with Gasteiger partial charge in [-0.25, -0.2) is 0 Å². The zero-order valence-electron chi connectivity index (χ0n) is 18.0. The van der Waals surface area contributed by atoms with Gasteiger partial charge in [-0.15, -0.1) is 0 Å². The average Bonchev–Trinajstić information content (AvgIpc) is 2.59. The molecule has 0 aliphatic rings. The van der Waals surface area contributed by atoms with Crippen LogP contribution >= 0.6 is 0 Å². The first-order valence-corrected chi connectivity index (χ1v) is 10.2. The first-order chi connectivity index (χ1) is 12.4. The molecule has 4 nitrogen and oxygen atoms in total. The molecule has 0 aromatic heterocycles. The Kier molecular flexibility index (Phi) is 26.6. The molecule has 0 amide bonds. The van der Waals surface area contributed by atoms with Gasteiger partial charge in [-0.2, -0.15) is 0 Å². The number of aliphatic carboxylic acids is 2. The molecular formula is C22H38MgO4. The van der Waals surface area contributed by atoms with Crippen molar-refractivity contribution in [2.45, 2.75) is 105 Å². The number of rotatable bonds is 14. The van der Waals surface area contributed by atoms with Gasteiger partial charge in [0.05, 0.1) is 11.9 Å². The monoisotopic (exact) mass is 390 g/mol. The van der Waals surface area contributed by atoms with Crippen molar-refractivity contribution < 1.29 is 19.8 Å². The van der Waals surface area contributed by atoms with Gasteiger partial charge in [0.15, 0.2) is 0 Å². The van der Waals surface area contributed by atoms with Crippen LogP contribution in [0.2, 0.25) is 0 Å². The number of unbranched alkanes of at least 4 members (excludes halogenated alkanes) is 4. The first-order valence-electron chi connectivity index (χ1n) is 10.2. The van der Waals surface area contributed by atoms with Crippen molar-refractivity contribution in [3.8, 4) is 0 Å². The van der Waals surface area contributed by atoms with E-state index in [2.05, 4.69) is 27.7 Å². The summed E-state index contributed by atoms with van der Waals surface area (Å²) in [4.78, 5) is 20.7. The Bertz CT molecular complexity index is 368. The Hall–Kier alpha value is -0.814. The molecule has 5 heteroatoms. The minimum absolute atomic E-state index is 0. The van der Waals surface area contributed by atoms with E-state index in [1.54, 1.807) is 0 Å². The van der Waals surface area contributed by atoms with Gasteiger partial charge in [-0.3, -0.25) is 0 Å². The zero-order chi connectivity index (χ0) is 20.2. The van der Waals surface area contributed by atoms with Crippen molar-refractivity contribution in [1.82, 2.24) is 0 Å². The maximum atomic E-state index is 10.3. The molecule has 0 fully saturated rings. The number of carbonyl (C=O) groups excluding carboxylic acids is 2. The van der Waals surface area contributed by atoms with Crippen LogP contribution in [0.3, 0.4) is 0 Å². The van der Waals surface area contributed by atoms with Gasteiger partial charge in [-0.05, 0) is 63.5 Å². The quantitative estimate of drug-likeness (QED) is 0.334. The Morgan fingerprint density at radius 2 is 0.815 bits per heavy atom. The number of carboxylic acid groups (broad SMARTS) is 2. The SMILES string of the molecule is CCCCC(=CC(=O)[O-])CCCC.CCCCC(=CC(=O)[O-])CCCC.[Mg+2]. The fraction of sp³-hybridized carbons (Fsp3) is 0.727. The van der Waals surface area contributed by atoms with Gasteiger partial charge in [-0.1, -0.05) is 64.5 Å². The van der Waals surface area contributed by atoms with E-state index in [-0.39, 0.29) is 23.1 Å². The van der Waals surface area contributed by atoms with Gasteiger partial charge in [0.2, 0.25) is 0 Å². The molecule has 152 valence electrons. The molecule has 0 heterocycles. The van der Waals surface area contributed by atoms with Crippen molar-refractivity contribution in [2.24, 2.45) is 0 Å². The molecule has 0 bridgehead atoms. The number of allylic oxidation sites excluding steroid dienone is 2. The third-order valence-electron chi connectivity index (χ3n) is 4.05. The molecule has 0 aliphatic carbocycles. The van der Waals surface area contributed by atoms with Crippen LogP contribution < -0.4 is 10.2 Å². The molecule has 0 atom stereocenters. The van der Waals surface area contributed by atoms with E-state index in [9.17, 15) is 19.8 Å². The minimum Gasteiger partial charge on any atom is -0.545 e. The van der Waals surface area contributed by atoms with Crippen molar-refractivity contribution in [3.63, 3.8) is 0 Å². The fourth-order valence-corrected chi connectivity index (χ4v) is 2.49. The number of hydrogen-bond donors (Lipinski definition) is 0. The normalized spacial score (nSPS) is 9.33. The van der Waals surface area contributed by atoms with E-state index in [0.717, 1.165) is 88.2 Å². The summed E-state index contributed by atoms with van der Waals surface area (Å²) in [6.45, 7) is 8.43. The van der Waals surface area contributed by atoms with E-state index >= 15 is 0 Å². The van der Waals surface area contributed by atoms with Gasteiger partial charge in [0, 0.05) is 0 Å². The molecule has 0 saturated heterocycles. The molecule has 0 N–H and O–H groups in total. The Morgan fingerprint density at radius 3 is 0.963 bits per heavy atom. The van der Waals surface area contributed by atoms with Crippen LogP contribution in [0, 0.1) is 0 Å². The molecule has 0 aromatic rings. The summed E-state index contributed by atoms with van der Waals surface area (Å²) in [7, 11) is 0. The topological polar surface area (TPSA) is 80.3 Å². The van der Waals surface area contributed by atoms with Crippen molar-refractivity contribution in [3.05, 3.63) is 23.3 Å². The second-order valence-electron chi connectivity index (χ2n) is 6.66. The van der Waals surface area contributed by atoms with Crippen LogP contribution in [-0.2, 0) is 9.59 Å². The Balaban J connectivity index is -0.000000411. The van der Waals surface area contributed by atoms with Crippen LogP contribution in [0.5, 0.6) is 0 Å². The maximum Gasteiger partial charge on any atom is 2.00 e. The van der Waals surface area contributed by atoms with Crippen LogP contribution in [-0.4, -0.2) is 35.0 Å². The summed E-state index contributed by atoms with van der Waals surface area (Å²) < 4.78 is 0. The second-order valence-corrected chi connectivity index (χ2v) is 6.66. The summed E-state index contributed by atoms with van der Waals surface area (Å²) >= 11 is 0. The van der Waals surface area contributed by atoms with Gasteiger partial charge in [0.1, 0.15) is 0 Å². The molecule has 0 aromatic carbocycles. The zero-order valence-corrected chi connectivity index (χ0v) is 19.4. The van der Waals surface area contributed by atoms with E-state index in [1.165, 1.54) is 12.2 Å². The molecule has 0 aliphatic heterocycles. The molecular weight excluding hydrogens is 353 g/mol. The molecule has 27 heavy (non-hydrogen) atoms. The summed E-state index contributed by atoms with van der Waals surface area (Å²) in [5.74, 6) is -2.11. The van der Waals surface area contributed by atoms with Crippen LogP contribution in [0.25, 0.3) is 0 Å². The van der Waals surface area contributed by atoms with Crippen molar-refractivity contribution >= 4 is 35.0 Å². The summed E-state index contributed by atoms with van der Waals surface area (Å²) in [6, 6.07) is 0. The van der Waals surface area contributed by atoms with Crippen LogP contribution in [0.15, 0.2) is 23.3 Å². The standard InChI is InChI=1S/2C11H20O2.Mg/c2*1-3-5-7-10(8-6-4-2)9-11(12)13;/h2*9H,3-8H2,1-2H3,(H,12,13);/q;;+2/p-2. The van der Waals surface area contributed by atoms with Crippen molar-refractivity contribution in [2.75, 3.05) is 0 Å². The predicted octanol–water partition coefficient (Wildman–Crippen LogP) is 3.71. The average molecular weight is 391 g/mol. The second kappa shape index (κ2) is 23.2. The molecule has 0 saturated carbocycles. The summed E-state index contributed by atoms with van der Waals surface area (Å²) in [5, 5.41) is 20.7. The van der Waals surface area contributed by atoms with Crippen molar-refractivity contribution in [1.29, 1.82) is 0 Å². The first kappa shape index (κ1) is 30.9. The maximum absolute atomic E-state index is 10.3. The summed E-state index contributed by atoms with van der Waals surface area (Å²) in [5.41, 5.74) is 2.06. The van der Waals surface area contributed by atoms with Crippen LogP contribution in [0.4, 0.5) is 0 Å². The Morgan fingerprint density at radius 1 is 0.593 bits per heavy atom. The van der Waals surface area contributed by atoms with Gasteiger partial charge >= 0.3 is 23.1 Å². The predicted molar refractivity (Wildman–Crippen MR) is 110 cm³/mol. The van der Waals surface area contributed by atoms with Gasteiger partial charge in [0.25, 0.3) is 0 Å². The number of carboxylic acids is 2.